The highest BCUT2D eigenvalue weighted by molar-refractivity contribution is 14.1. The van der Waals surface area contributed by atoms with Crippen LogP contribution >= 0.6 is 22.6 Å². The zero-order valence-corrected chi connectivity index (χ0v) is 13.7. The highest BCUT2D eigenvalue weighted by Gasteiger charge is 2.07. The molecular weight excluding hydrogens is 395 g/mol. The summed E-state index contributed by atoms with van der Waals surface area (Å²) in [6, 6.07) is 7.79. The highest BCUT2D eigenvalue weighted by atomic mass is 127. The zero-order valence-electron chi connectivity index (χ0n) is 10.7. The topological polar surface area (TPSA) is 87.0 Å². The van der Waals surface area contributed by atoms with Crippen molar-refractivity contribution >= 4 is 32.7 Å². The van der Waals surface area contributed by atoms with E-state index in [0.29, 0.717) is 18.8 Å². The Hall–Kier alpha value is -1.07. The Labute approximate surface area is 130 Å². The van der Waals surface area contributed by atoms with Gasteiger partial charge >= 0.3 is 0 Å². The molecule has 0 aliphatic carbocycles. The van der Waals surface area contributed by atoms with Crippen molar-refractivity contribution in [2.75, 3.05) is 12.9 Å². The molecule has 0 aliphatic rings. The smallest absolute Gasteiger partial charge is 0.264 e. The van der Waals surface area contributed by atoms with Crippen LogP contribution in [0.2, 0.25) is 0 Å². The number of hydrogen-bond donors (Lipinski definition) is 0. The van der Waals surface area contributed by atoms with Crippen molar-refractivity contribution < 1.29 is 12.6 Å². The molecule has 0 atom stereocenters. The fourth-order valence-corrected chi connectivity index (χ4v) is 2.46. The van der Waals surface area contributed by atoms with Gasteiger partial charge in [0.15, 0.2) is 0 Å². The van der Waals surface area contributed by atoms with E-state index in [0.717, 1.165) is 15.4 Å². The SMILES string of the molecule is CS(=O)(=O)OCCCn1nnc(-c2cccc(I)c2)n1. The molecule has 0 radical (unpaired) electrons. The molecule has 108 valence electrons. The van der Waals surface area contributed by atoms with E-state index in [1.165, 1.54) is 4.80 Å². The largest absolute Gasteiger partial charge is 0.270 e. The van der Waals surface area contributed by atoms with Crippen molar-refractivity contribution in [3.05, 3.63) is 27.8 Å². The van der Waals surface area contributed by atoms with Gasteiger partial charge in [0.25, 0.3) is 10.1 Å². The van der Waals surface area contributed by atoms with Crippen LogP contribution in [0.1, 0.15) is 6.42 Å². The minimum Gasteiger partial charge on any atom is -0.270 e. The molecule has 0 fully saturated rings. The predicted molar refractivity (Wildman–Crippen MR) is 81.4 cm³/mol. The van der Waals surface area contributed by atoms with Crippen LogP contribution in [-0.2, 0) is 20.8 Å². The molecule has 0 saturated heterocycles. The first-order valence-electron chi connectivity index (χ1n) is 5.82. The summed E-state index contributed by atoms with van der Waals surface area (Å²) in [5, 5.41) is 12.1. The summed E-state index contributed by atoms with van der Waals surface area (Å²) in [6.07, 6.45) is 1.52. The van der Waals surface area contributed by atoms with Crippen molar-refractivity contribution in [3.8, 4) is 11.4 Å². The molecule has 1 aromatic heterocycles. The maximum Gasteiger partial charge on any atom is 0.264 e. The van der Waals surface area contributed by atoms with E-state index < -0.39 is 10.1 Å². The number of benzene rings is 1. The second kappa shape index (κ2) is 6.59. The van der Waals surface area contributed by atoms with Gasteiger partial charge in [0.1, 0.15) is 0 Å². The summed E-state index contributed by atoms with van der Waals surface area (Å²) in [4.78, 5) is 1.43. The molecular formula is C11H13IN4O3S. The van der Waals surface area contributed by atoms with Crippen LogP contribution in [0.3, 0.4) is 0 Å². The molecule has 9 heteroatoms. The molecule has 7 nitrogen and oxygen atoms in total. The molecule has 1 aromatic carbocycles. The maximum atomic E-state index is 10.8. The van der Waals surface area contributed by atoms with Gasteiger partial charge in [-0.25, -0.2) is 0 Å². The van der Waals surface area contributed by atoms with Crippen LogP contribution < -0.4 is 0 Å². The third kappa shape index (κ3) is 4.80. The quantitative estimate of drug-likeness (QED) is 0.407. The number of nitrogens with zero attached hydrogens (tertiary/aromatic N) is 4. The van der Waals surface area contributed by atoms with Crippen molar-refractivity contribution in [2.45, 2.75) is 13.0 Å². The molecule has 2 aromatic rings. The molecule has 1 heterocycles. The van der Waals surface area contributed by atoms with E-state index in [1.807, 2.05) is 24.3 Å². The summed E-state index contributed by atoms with van der Waals surface area (Å²) in [5.41, 5.74) is 0.899. The Morgan fingerprint density at radius 2 is 2.20 bits per heavy atom. The monoisotopic (exact) mass is 408 g/mol. The van der Waals surface area contributed by atoms with Gasteiger partial charge in [-0.3, -0.25) is 4.18 Å². The predicted octanol–water partition coefficient (Wildman–Crippen LogP) is 1.31. The van der Waals surface area contributed by atoms with E-state index >= 15 is 0 Å². The molecule has 0 unspecified atom stereocenters. The molecule has 0 spiro atoms. The van der Waals surface area contributed by atoms with E-state index in [1.54, 1.807) is 0 Å². The van der Waals surface area contributed by atoms with Crippen LogP contribution in [0.25, 0.3) is 11.4 Å². The van der Waals surface area contributed by atoms with Crippen molar-refractivity contribution in [1.82, 2.24) is 20.2 Å². The van der Waals surface area contributed by atoms with Gasteiger partial charge in [0.2, 0.25) is 5.82 Å². The first-order valence-corrected chi connectivity index (χ1v) is 8.72. The Balaban J connectivity index is 1.93. The second-order valence-electron chi connectivity index (χ2n) is 4.10. The summed E-state index contributed by atoms with van der Waals surface area (Å²) < 4.78 is 27.3. The maximum absolute atomic E-state index is 10.8. The van der Waals surface area contributed by atoms with E-state index in [9.17, 15) is 8.42 Å². The van der Waals surface area contributed by atoms with Gasteiger partial charge in [-0.1, -0.05) is 12.1 Å². The molecule has 2 rings (SSSR count). The van der Waals surface area contributed by atoms with Crippen molar-refractivity contribution in [1.29, 1.82) is 0 Å². The number of halogens is 1. The number of aromatic nitrogens is 4. The summed E-state index contributed by atoms with van der Waals surface area (Å²) in [7, 11) is -3.39. The Kier molecular flexibility index (Phi) is 5.05. The third-order valence-corrected chi connectivity index (χ3v) is 3.60. The molecule has 0 aliphatic heterocycles. The average Bonchev–Trinajstić information content (AvgIpc) is 2.82. The lowest BCUT2D eigenvalue weighted by Gasteiger charge is -2.00. The Morgan fingerprint density at radius 1 is 1.40 bits per heavy atom. The lowest BCUT2D eigenvalue weighted by molar-refractivity contribution is 0.299. The summed E-state index contributed by atoms with van der Waals surface area (Å²) in [5.74, 6) is 0.549. The highest BCUT2D eigenvalue weighted by Crippen LogP contribution is 2.16. The molecule has 0 amide bonds. The van der Waals surface area contributed by atoms with Crippen LogP contribution in [0.15, 0.2) is 24.3 Å². The van der Waals surface area contributed by atoms with Crippen LogP contribution in [0, 0.1) is 3.57 Å². The first kappa shape index (κ1) is 15.3. The normalized spacial score (nSPS) is 11.7. The minimum atomic E-state index is -3.39. The summed E-state index contributed by atoms with van der Waals surface area (Å²) >= 11 is 2.22. The number of rotatable bonds is 6. The number of aryl methyl sites for hydroxylation is 1. The lowest BCUT2D eigenvalue weighted by Crippen LogP contribution is -2.09. The third-order valence-electron chi connectivity index (χ3n) is 2.34. The number of hydrogen-bond acceptors (Lipinski definition) is 6. The fourth-order valence-electron chi connectivity index (χ4n) is 1.50. The lowest BCUT2D eigenvalue weighted by atomic mass is 10.2. The van der Waals surface area contributed by atoms with Crippen LogP contribution in [0.4, 0.5) is 0 Å². The number of tetrazole rings is 1. The van der Waals surface area contributed by atoms with Gasteiger partial charge in [-0.05, 0) is 46.4 Å². The minimum absolute atomic E-state index is 0.110. The van der Waals surface area contributed by atoms with Gasteiger partial charge in [-0.15, -0.1) is 10.2 Å². The molecule has 0 saturated carbocycles. The van der Waals surface area contributed by atoms with Gasteiger partial charge in [0, 0.05) is 9.13 Å². The second-order valence-corrected chi connectivity index (χ2v) is 6.99. The Morgan fingerprint density at radius 3 is 2.90 bits per heavy atom. The fraction of sp³-hybridized carbons (Fsp3) is 0.364. The van der Waals surface area contributed by atoms with Gasteiger partial charge in [0.05, 0.1) is 19.4 Å². The van der Waals surface area contributed by atoms with Crippen molar-refractivity contribution in [2.24, 2.45) is 0 Å². The van der Waals surface area contributed by atoms with Crippen molar-refractivity contribution in [3.63, 3.8) is 0 Å². The van der Waals surface area contributed by atoms with Gasteiger partial charge < -0.3 is 0 Å². The van der Waals surface area contributed by atoms with E-state index in [-0.39, 0.29) is 6.61 Å². The summed E-state index contributed by atoms with van der Waals surface area (Å²) in [6.45, 7) is 0.561. The van der Waals surface area contributed by atoms with Crippen LogP contribution in [-0.4, -0.2) is 41.5 Å². The van der Waals surface area contributed by atoms with E-state index in [2.05, 4.69) is 42.2 Å². The Bertz CT molecular complexity index is 686. The van der Waals surface area contributed by atoms with Crippen LogP contribution in [0.5, 0.6) is 0 Å². The molecule has 0 bridgehead atoms. The van der Waals surface area contributed by atoms with Gasteiger partial charge in [-0.2, -0.15) is 13.2 Å². The average molecular weight is 408 g/mol. The van der Waals surface area contributed by atoms with E-state index in [4.69, 9.17) is 0 Å². The molecule has 20 heavy (non-hydrogen) atoms. The zero-order chi connectivity index (χ0) is 14.6. The first-order chi connectivity index (χ1) is 9.44. The molecule has 0 N–H and O–H groups in total. The standard InChI is InChI=1S/C11H13IN4O3S/c1-20(17,18)19-7-3-6-16-14-11(13-15-16)9-4-2-5-10(12)8-9/h2,4-5,8H,3,6-7H2,1H3.